The minimum atomic E-state index is 0.303. The van der Waals surface area contributed by atoms with Crippen molar-refractivity contribution in [3.63, 3.8) is 0 Å². The van der Waals surface area contributed by atoms with Gasteiger partial charge in [0.2, 0.25) is 0 Å². The molecule has 0 aromatic carbocycles. The van der Waals surface area contributed by atoms with Crippen LogP contribution in [0.1, 0.15) is 26.7 Å². The Morgan fingerprint density at radius 1 is 1.50 bits per heavy atom. The number of aliphatic hydroxyl groups excluding tert-OH is 1. The SMILES string of the molecule is C=CC(C)NCCCC(C)CO. The molecule has 2 unspecified atom stereocenters. The Labute approximate surface area is 75.7 Å². The van der Waals surface area contributed by atoms with Crippen LogP contribution in [-0.4, -0.2) is 24.3 Å². The molecule has 0 fully saturated rings. The molecule has 0 rings (SSSR count). The lowest BCUT2D eigenvalue weighted by Gasteiger charge is -2.10. The number of nitrogens with one attached hydrogen (secondary N) is 1. The van der Waals surface area contributed by atoms with E-state index < -0.39 is 0 Å². The molecule has 0 saturated carbocycles. The highest BCUT2D eigenvalue weighted by molar-refractivity contribution is 4.80. The molecule has 0 aliphatic rings. The van der Waals surface area contributed by atoms with Crippen LogP contribution in [0.25, 0.3) is 0 Å². The van der Waals surface area contributed by atoms with Crippen LogP contribution >= 0.6 is 0 Å². The highest BCUT2D eigenvalue weighted by Crippen LogP contribution is 2.02. The van der Waals surface area contributed by atoms with Crippen molar-refractivity contribution >= 4 is 0 Å². The van der Waals surface area contributed by atoms with Crippen molar-refractivity contribution in [2.45, 2.75) is 32.7 Å². The monoisotopic (exact) mass is 171 g/mol. The first-order chi connectivity index (χ1) is 5.70. The van der Waals surface area contributed by atoms with Crippen LogP contribution in [0.5, 0.6) is 0 Å². The van der Waals surface area contributed by atoms with Crippen molar-refractivity contribution in [3.8, 4) is 0 Å². The number of rotatable bonds is 7. The van der Waals surface area contributed by atoms with Gasteiger partial charge in [-0.15, -0.1) is 6.58 Å². The predicted octanol–water partition coefficient (Wildman–Crippen LogP) is 1.56. The summed E-state index contributed by atoms with van der Waals surface area (Å²) in [5, 5.41) is 12.1. The largest absolute Gasteiger partial charge is 0.396 e. The molecule has 0 aromatic heterocycles. The lowest BCUT2D eigenvalue weighted by molar-refractivity contribution is 0.228. The molecule has 0 spiro atoms. The number of aliphatic hydroxyl groups is 1. The van der Waals surface area contributed by atoms with Gasteiger partial charge in [0.1, 0.15) is 0 Å². The van der Waals surface area contributed by atoms with E-state index in [9.17, 15) is 0 Å². The molecule has 0 aliphatic heterocycles. The fourth-order valence-electron chi connectivity index (χ4n) is 0.955. The zero-order chi connectivity index (χ0) is 9.40. The van der Waals surface area contributed by atoms with Crippen molar-refractivity contribution < 1.29 is 5.11 Å². The maximum Gasteiger partial charge on any atom is 0.0456 e. The summed E-state index contributed by atoms with van der Waals surface area (Å²) in [7, 11) is 0. The fourth-order valence-corrected chi connectivity index (χ4v) is 0.955. The zero-order valence-corrected chi connectivity index (χ0v) is 8.21. The molecule has 2 N–H and O–H groups in total. The molecular formula is C10H21NO. The highest BCUT2D eigenvalue weighted by atomic mass is 16.3. The van der Waals surface area contributed by atoms with Crippen LogP contribution < -0.4 is 5.32 Å². The maximum atomic E-state index is 8.75. The van der Waals surface area contributed by atoms with Gasteiger partial charge >= 0.3 is 0 Å². The van der Waals surface area contributed by atoms with Gasteiger partial charge in [-0.2, -0.15) is 0 Å². The summed E-state index contributed by atoms with van der Waals surface area (Å²) in [6.45, 7) is 9.15. The normalized spacial score (nSPS) is 15.6. The molecular weight excluding hydrogens is 150 g/mol. The molecule has 2 nitrogen and oxygen atoms in total. The zero-order valence-electron chi connectivity index (χ0n) is 8.21. The molecule has 72 valence electrons. The third-order valence-electron chi connectivity index (χ3n) is 2.01. The summed E-state index contributed by atoms with van der Waals surface area (Å²) in [6, 6.07) is 0.398. The van der Waals surface area contributed by atoms with Crippen LogP contribution in [0.4, 0.5) is 0 Å². The minimum Gasteiger partial charge on any atom is -0.396 e. The fraction of sp³-hybridized carbons (Fsp3) is 0.800. The van der Waals surface area contributed by atoms with E-state index >= 15 is 0 Å². The molecule has 0 aromatic rings. The summed E-state index contributed by atoms with van der Waals surface area (Å²) in [4.78, 5) is 0. The van der Waals surface area contributed by atoms with Crippen LogP contribution in [-0.2, 0) is 0 Å². The molecule has 2 heteroatoms. The van der Waals surface area contributed by atoms with Gasteiger partial charge in [-0.1, -0.05) is 13.0 Å². The van der Waals surface area contributed by atoms with Gasteiger partial charge in [0.05, 0.1) is 0 Å². The molecule has 2 atom stereocenters. The van der Waals surface area contributed by atoms with E-state index in [1.807, 2.05) is 6.08 Å². The molecule has 0 heterocycles. The van der Waals surface area contributed by atoms with Crippen LogP contribution in [0.3, 0.4) is 0 Å². The average molecular weight is 171 g/mol. The average Bonchev–Trinajstić information content (AvgIpc) is 2.11. The van der Waals surface area contributed by atoms with Crippen molar-refractivity contribution in [3.05, 3.63) is 12.7 Å². The lowest BCUT2D eigenvalue weighted by Crippen LogP contribution is -2.25. The number of hydrogen-bond donors (Lipinski definition) is 2. The number of hydrogen-bond acceptors (Lipinski definition) is 2. The predicted molar refractivity (Wildman–Crippen MR) is 53.1 cm³/mol. The van der Waals surface area contributed by atoms with Crippen LogP contribution in [0, 0.1) is 5.92 Å². The van der Waals surface area contributed by atoms with Crippen molar-refractivity contribution in [2.24, 2.45) is 5.92 Å². The van der Waals surface area contributed by atoms with E-state index in [2.05, 4.69) is 25.7 Å². The summed E-state index contributed by atoms with van der Waals surface area (Å²) in [6.07, 6.45) is 4.11. The van der Waals surface area contributed by atoms with Gasteiger partial charge in [-0.05, 0) is 32.2 Å². The standard InChI is InChI=1S/C10H21NO/c1-4-10(3)11-7-5-6-9(2)8-12/h4,9-12H,1,5-8H2,2-3H3. The van der Waals surface area contributed by atoms with Gasteiger partial charge in [0.15, 0.2) is 0 Å². The van der Waals surface area contributed by atoms with Crippen molar-refractivity contribution in [2.75, 3.05) is 13.2 Å². The lowest BCUT2D eigenvalue weighted by atomic mass is 10.1. The Morgan fingerprint density at radius 3 is 2.67 bits per heavy atom. The van der Waals surface area contributed by atoms with Gasteiger partial charge in [0, 0.05) is 12.6 Å². The Kier molecular flexibility index (Phi) is 7.11. The smallest absolute Gasteiger partial charge is 0.0456 e. The topological polar surface area (TPSA) is 32.3 Å². The van der Waals surface area contributed by atoms with Crippen molar-refractivity contribution in [1.29, 1.82) is 0 Å². The first-order valence-corrected chi connectivity index (χ1v) is 4.67. The van der Waals surface area contributed by atoms with E-state index in [4.69, 9.17) is 5.11 Å². The van der Waals surface area contributed by atoms with Crippen molar-refractivity contribution in [1.82, 2.24) is 5.32 Å². The summed E-state index contributed by atoms with van der Waals surface area (Å²) in [5.41, 5.74) is 0. The summed E-state index contributed by atoms with van der Waals surface area (Å²) >= 11 is 0. The molecule has 0 radical (unpaired) electrons. The summed E-state index contributed by atoms with van der Waals surface area (Å²) < 4.78 is 0. The van der Waals surface area contributed by atoms with Gasteiger partial charge in [-0.25, -0.2) is 0 Å². The molecule has 0 bridgehead atoms. The Hall–Kier alpha value is -0.340. The van der Waals surface area contributed by atoms with E-state index in [0.29, 0.717) is 18.6 Å². The van der Waals surface area contributed by atoms with Crippen LogP contribution in [0.2, 0.25) is 0 Å². The van der Waals surface area contributed by atoms with E-state index in [-0.39, 0.29) is 0 Å². The Morgan fingerprint density at radius 2 is 2.17 bits per heavy atom. The molecule has 12 heavy (non-hydrogen) atoms. The first kappa shape index (κ1) is 11.7. The second-order valence-electron chi connectivity index (χ2n) is 3.41. The summed E-state index contributed by atoms with van der Waals surface area (Å²) in [5.74, 6) is 0.436. The highest BCUT2D eigenvalue weighted by Gasteiger charge is 1.99. The van der Waals surface area contributed by atoms with Gasteiger partial charge < -0.3 is 10.4 Å². The van der Waals surface area contributed by atoms with E-state index in [1.54, 1.807) is 0 Å². The first-order valence-electron chi connectivity index (χ1n) is 4.67. The Balaban J connectivity index is 3.15. The third kappa shape index (κ3) is 6.38. The molecule has 0 aliphatic carbocycles. The molecule has 0 amide bonds. The molecule has 0 saturated heterocycles. The van der Waals surface area contributed by atoms with E-state index in [1.165, 1.54) is 0 Å². The third-order valence-corrected chi connectivity index (χ3v) is 2.01. The van der Waals surface area contributed by atoms with E-state index in [0.717, 1.165) is 19.4 Å². The van der Waals surface area contributed by atoms with Gasteiger partial charge in [0.25, 0.3) is 0 Å². The van der Waals surface area contributed by atoms with Crippen LogP contribution in [0.15, 0.2) is 12.7 Å². The second kappa shape index (κ2) is 7.32. The second-order valence-corrected chi connectivity index (χ2v) is 3.41. The minimum absolute atomic E-state index is 0.303. The quantitative estimate of drug-likeness (QED) is 0.450. The Bertz CT molecular complexity index is 114. The maximum absolute atomic E-state index is 8.75. The van der Waals surface area contributed by atoms with Gasteiger partial charge in [-0.3, -0.25) is 0 Å².